The fraction of sp³-hybridized carbons (Fsp3) is 0.619. The molecule has 28 heavy (non-hydrogen) atoms. The molecule has 154 valence electrons. The van der Waals surface area contributed by atoms with Gasteiger partial charge in [0.15, 0.2) is 5.11 Å². The van der Waals surface area contributed by atoms with Gasteiger partial charge in [0.25, 0.3) is 0 Å². The fourth-order valence-electron chi connectivity index (χ4n) is 4.25. The van der Waals surface area contributed by atoms with Crippen LogP contribution < -0.4 is 10.2 Å². The third-order valence-corrected chi connectivity index (χ3v) is 6.00. The standard InChI is InChI=1S/C21H31FN4OS/c1-16-15-21(2,3)23-20(28)26(16)10-6-9-19(27)25-13-11-24(12-14-25)18-8-5-4-7-17(18)22/h4-5,7-8,16H,6,9-15H2,1-3H3,(H,23,28)/t16-/m0/s1. The summed E-state index contributed by atoms with van der Waals surface area (Å²) in [5.41, 5.74) is 0.651. The molecular formula is C21H31FN4OS. The maximum absolute atomic E-state index is 13.9. The maximum atomic E-state index is 13.9. The number of amides is 1. The number of piperazine rings is 1. The predicted molar refractivity (Wildman–Crippen MR) is 115 cm³/mol. The van der Waals surface area contributed by atoms with Crippen molar-refractivity contribution in [2.24, 2.45) is 0 Å². The summed E-state index contributed by atoms with van der Waals surface area (Å²) in [6, 6.07) is 7.20. The van der Waals surface area contributed by atoms with Crippen LogP contribution in [0.1, 0.15) is 40.0 Å². The van der Waals surface area contributed by atoms with Gasteiger partial charge in [0.1, 0.15) is 5.82 Å². The van der Waals surface area contributed by atoms with E-state index in [1.165, 1.54) is 6.07 Å². The van der Waals surface area contributed by atoms with Gasteiger partial charge in [0.2, 0.25) is 5.91 Å². The van der Waals surface area contributed by atoms with E-state index in [0.29, 0.717) is 44.3 Å². The zero-order chi connectivity index (χ0) is 20.3. The molecule has 1 atom stereocenters. The summed E-state index contributed by atoms with van der Waals surface area (Å²) in [4.78, 5) is 18.7. The Labute approximate surface area is 172 Å². The summed E-state index contributed by atoms with van der Waals surface area (Å²) >= 11 is 5.51. The number of halogens is 1. The number of carbonyl (C=O) groups excluding carboxylic acids is 1. The summed E-state index contributed by atoms with van der Waals surface area (Å²) < 4.78 is 13.9. The van der Waals surface area contributed by atoms with Crippen LogP contribution in [0.3, 0.4) is 0 Å². The van der Waals surface area contributed by atoms with Crippen molar-refractivity contribution < 1.29 is 9.18 Å². The van der Waals surface area contributed by atoms with Crippen molar-refractivity contribution in [3.63, 3.8) is 0 Å². The molecule has 0 aromatic heterocycles. The van der Waals surface area contributed by atoms with Crippen LogP contribution in [0, 0.1) is 5.82 Å². The second-order valence-electron chi connectivity index (χ2n) is 8.48. The second kappa shape index (κ2) is 8.64. The quantitative estimate of drug-likeness (QED) is 0.761. The van der Waals surface area contributed by atoms with E-state index < -0.39 is 0 Å². The minimum absolute atomic E-state index is 0.0285. The van der Waals surface area contributed by atoms with E-state index in [1.54, 1.807) is 12.1 Å². The fourth-order valence-corrected chi connectivity index (χ4v) is 4.79. The number of thiocarbonyl (C=S) groups is 1. The van der Waals surface area contributed by atoms with Crippen molar-refractivity contribution >= 4 is 28.9 Å². The molecule has 0 saturated carbocycles. The van der Waals surface area contributed by atoms with Gasteiger partial charge in [-0.25, -0.2) is 4.39 Å². The zero-order valence-corrected chi connectivity index (χ0v) is 17.9. The summed E-state index contributed by atoms with van der Waals surface area (Å²) in [7, 11) is 0. The first kappa shape index (κ1) is 20.8. The molecule has 7 heteroatoms. The molecule has 0 spiro atoms. The Balaban J connectivity index is 1.43. The van der Waals surface area contributed by atoms with Crippen LogP contribution in [0.2, 0.25) is 0 Å². The molecule has 2 fully saturated rings. The molecule has 5 nitrogen and oxygen atoms in total. The van der Waals surface area contributed by atoms with E-state index in [1.807, 2.05) is 15.9 Å². The van der Waals surface area contributed by atoms with E-state index in [0.717, 1.165) is 24.5 Å². The van der Waals surface area contributed by atoms with Crippen molar-refractivity contribution in [1.82, 2.24) is 15.1 Å². The van der Waals surface area contributed by atoms with Crippen LogP contribution in [0.5, 0.6) is 0 Å². The van der Waals surface area contributed by atoms with E-state index >= 15 is 0 Å². The first-order valence-corrected chi connectivity index (χ1v) is 10.5. The van der Waals surface area contributed by atoms with Gasteiger partial charge >= 0.3 is 0 Å². The Hall–Kier alpha value is -1.89. The topological polar surface area (TPSA) is 38.8 Å². The van der Waals surface area contributed by atoms with Crippen LogP contribution in [0.15, 0.2) is 24.3 Å². The Morgan fingerprint density at radius 3 is 2.57 bits per heavy atom. The van der Waals surface area contributed by atoms with Crippen LogP contribution in [0.25, 0.3) is 0 Å². The molecule has 0 bridgehead atoms. The number of hydrogen-bond donors (Lipinski definition) is 1. The lowest BCUT2D eigenvalue weighted by molar-refractivity contribution is -0.131. The highest BCUT2D eigenvalue weighted by Crippen LogP contribution is 2.23. The van der Waals surface area contributed by atoms with Gasteiger partial charge < -0.3 is 20.0 Å². The van der Waals surface area contributed by atoms with Crippen LogP contribution in [-0.2, 0) is 4.79 Å². The van der Waals surface area contributed by atoms with Gasteiger partial charge in [-0.3, -0.25) is 4.79 Å². The number of nitrogens with zero attached hydrogens (tertiary/aromatic N) is 3. The third kappa shape index (κ3) is 4.93. The zero-order valence-electron chi connectivity index (χ0n) is 17.1. The van der Waals surface area contributed by atoms with E-state index in [2.05, 4.69) is 31.0 Å². The molecule has 2 aliphatic rings. The van der Waals surface area contributed by atoms with Crippen LogP contribution >= 0.6 is 12.2 Å². The number of rotatable bonds is 5. The highest BCUT2D eigenvalue weighted by Gasteiger charge is 2.33. The average molecular weight is 407 g/mol. The molecule has 1 aromatic rings. The molecule has 0 aliphatic carbocycles. The largest absolute Gasteiger partial charge is 0.366 e. The number of para-hydroxylation sites is 1. The number of anilines is 1. The summed E-state index contributed by atoms with van der Waals surface area (Å²) in [6.07, 6.45) is 2.34. The smallest absolute Gasteiger partial charge is 0.222 e. The van der Waals surface area contributed by atoms with Gasteiger partial charge in [-0.1, -0.05) is 12.1 Å². The lowest BCUT2D eigenvalue weighted by atomic mass is 9.93. The lowest BCUT2D eigenvalue weighted by Gasteiger charge is -2.45. The molecule has 3 rings (SSSR count). The lowest BCUT2D eigenvalue weighted by Crippen LogP contribution is -2.60. The number of carbonyl (C=O) groups is 1. The first-order chi connectivity index (χ1) is 13.3. The van der Waals surface area contributed by atoms with Crippen LogP contribution in [0.4, 0.5) is 10.1 Å². The highest BCUT2D eigenvalue weighted by molar-refractivity contribution is 7.80. The van der Waals surface area contributed by atoms with Crippen molar-refractivity contribution in [3.05, 3.63) is 30.1 Å². The van der Waals surface area contributed by atoms with Crippen LogP contribution in [-0.4, -0.2) is 65.1 Å². The SMILES string of the molecule is C[C@H]1CC(C)(C)NC(=S)N1CCCC(=O)N1CCN(c2ccccc2F)CC1. The van der Waals surface area contributed by atoms with Gasteiger partial charge in [0.05, 0.1) is 5.69 Å². The van der Waals surface area contributed by atoms with Crippen molar-refractivity contribution in [1.29, 1.82) is 0 Å². The number of hydrogen-bond acceptors (Lipinski definition) is 3. The predicted octanol–water partition coefficient (Wildman–Crippen LogP) is 3.00. The Bertz CT molecular complexity index is 718. The Kier molecular flexibility index (Phi) is 6.43. The van der Waals surface area contributed by atoms with E-state index in [9.17, 15) is 9.18 Å². The van der Waals surface area contributed by atoms with Gasteiger partial charge in [-0.05, 0) is 58.0 Å². The minimum atomic E-state index is -0.203. The normalized spacial score (nSPS) is 22.2. The monoisotopic (exact) mass is 406 g/mol. The molecule has 1 aromatic carbocycles. The number of nitrogens with one attached hydrogen (secondary N) is 1. The molecule has 2 heterocycles. The van der Waals surface area contributed by atoms with E-state index in [-0.39, 0.29) is 17.3 Å². The molecule has 2 saturated heterocycles. The van der Waals surface area contributed by atoms with Gasteiger partial charge in [0, 0.05) is 50.7 Å². The van der Waals surface area contributed by atoms with Gasteiger partial charge in [-0.2, -0.15) is 0 Å². The molecular weight excluding hydrogens is 375 g/mol. The Morgan fingerprint density at radius 2 is 1.93 bits per heavy atom. The Morgan fingerprint density at radius 1 is 1.25 bits per heavy atom. The third-order valence-electron chi connectivity index (χ3n) is 5.66. The minimum Gasteiger partial charge on any atom is -0.366 e. The number of benzene rings is 1. The molecule has 0 unspecified atom stereocenters. The molecule has 1 N–H and O–H groups in total. The molecule has 1 amide bonds. The van der Waals surface area contributed by atoms with Crippen molar-refractivity contribution in [2.45, 2.75) is 51.6 Å². The van der Waals surface area contributed by atoms with Crippen molar-refractivity contribution in [3.8, 4) is 0 Å². The second-order valence-corrected chi connectivity index (χ2v) is 8.87. The summed E-state index contributed by atoms with van der Waals surface area (Å²) in [5.74, 6) is -0.0252. The molecule has 0 radical (unpaired) electrons. The van der Waals surface area contributed by atoms with Crippen molar-refractivity contribution in [2.75, 3.05) is 37.6 Å². The van der Waals surface area contributed by atoms with E-state index in [4.69, 9.17) is 12.2 Å². The summed E-state index contributed by atoms with van der Waals surface area (Å²) in [5, 5.41) is 4.18. The highest BCUT2D eigenvalue weighted by atomic mass is 32.1. The summed E-state index contributed by atoms with van der Waals surface area (Å²) in [6.45, 7) is 9.93. The molecule has 2 aliphatic heterocycles. The first-order valence-electron chi connectivity index (χ1n) is 10.1. The maximum Gasteiger partial charge on any atom is 0.222 e. The average Bonchev–Trinajstić information content (AvgIpc) is 2.63. The van der Waals surface area contributed by atoms with Gasteiger partial charge in [-0.15, -0.1) is 0 Å².